The van der Waals surface area contributed by atoms with Gasteiger partial charge in [-0.1, -0.05) is 78.4 Å². The van der Waals surface area contributed by atoms with E-state index < -0.39 is 34.1 Å². The zero-order chi connectivity index (χ0) is 34.2. The first kappa shape index (κ1) is 35.0. The van der Waals surface area contributed by atoms with Crippen LogP contribution in [-0.4, -0.2) is 57.5 Å². The van der Waals surface area contributed by atoms with Crippen LogP contribution in [-0.2, 0) is 32.6 Å². The minimum absolute atomic E-state index is 0.00157. The van der Waals surface area contributed by atoms with E-state index in [0.29, 0.717) is 5.75 Å². The lowest BCUT2D eigenvalue weighted by Gasteiger charge is -2.35. The topological polar surface area (TPSA) is 105 Å². The van der Waals surface area contributed by atoms with Crippen LogP contribution in [0.4, 0.5) is 5.69 Å². The number of nitrogens with one attached hydrogen (secondary N) is 1. The van der Waals surface area contributed by atoms with Crippen molar-refractivity contribution in [2.45, 2.75) is 57.1 Å². The Hall–Kier alpha value is -4.83. The largest absolute Gasteiger partial charge is 0.497 e. The van der Waals surface area contributed by atoms with Crippen molar-refractivity contribution in [1.82, 2.24) is 10.2 Å². The number of aryl methyl sites for hydroxylation is 1. The third-order valence-electron chi connectivity index (χ3n) is 7.51. The number of rotatable bonds is 13. The number of methoxy groups -OCH3 is 2. The molecule has 2 amide bonds. The predicted molar refractivity (Wildman–Crippen MR) is 184 cm³/mol. The second-order valence-corrected chi connectivity index (χ2v) is 14.2. The van der Waals surface area contributed by atoms with Gasteiger partial charge < -0.3 is 19.7 Å². The molecule has 1 N–H and O–H groups in total. The maximum absolute atomic E-state index is 14.7. The van der Waals surface area contributed by atoms with Crippen LogP contribution in [0.15, 0.2) is 108 Å². The molecule has 248 valence electrons. The third kappa shape index (κ3) is 9.13. The molecule has 4 rings (SSSR count). The van der Waals surface area contributed by atoms with Gasteiger partial charge in [-0.15, -0.1) is 0 Å². The number of nitrogens with zero attached hydrogens (tertiary/aromatic N) is 2. The molecule has 0 fully saturated rings. The molecular formula is C37H43N3O6S. The summed E-state index contributed by atoms with van der Waals surface area (Å²) < 4.78 is 40.8. The number of hydrogen-bond donors (Lipinski definition) is 1. The van der Waals surface area contributed by atoms with E-state index >= 15 is 0 Å². The van der Waals surface area contributed by atoms with Crippen molar-refractivity contribution in [3.05, 3.63) is 120 Å². The summed E-state index contributed by atoms with van der Waals surface area (Å²) in [5.41, 5.74) is 2.06. The highest BCUT2D eigenvalue weighted by Gasteiger charge is 2.36. The first-order valence-corrected chi connectivity index (χ1v) is 16.8. The van der Waals surface area contributed by atoms with E-state index in [0.717, 1.165) is 21.0 Å². The Kier molecular flexibility index (Phi) is 11.3. The second-order valence-electron chi connectivity index (χ2n) is 12.3. The van der Waals surface area contributed by atoms with Crippen LogP contribution in [0.3, 0.4) is 0 Å². The molecule has 0 aliphatic carbocycles. The first-order chi connectivity index (χ1) is 22.3. The Morgan fingerprint density at radius 3 is 1.96 bits per heavy atom. The Balaban J connectivity index is 1.87. The van der Waals surface area contributed by atoms with Crippen molar-refractivity contribution in [3.63, 3.8) is 0 Å². The van der Waals surface area contributed by atoms with Crippen LogP contribution >= 0.6 is 0 Å². The summed E-state index contributed by atoms with van der Waals surface area (Å²) >= 11 is 0. The number of benzene rings is 4. The lowest BCUT2D eigenvalue weighted by molar-refractivity contribution is -0.140. The zero-order valence-electron chi connectivity index (χ0n) is 27.8. The zero-order valence-corrected chi connectivity index (χ0v) is 28.6. The number of carbonyl (C=O) groups is 2. The van der Waals surface area contributed by atoms with E-state index in [1.807, 2.05) is 88.4 Å². The average molecular weight is 658 g/mol. The van der Waals surface area contributed by atoms with E-state index in [-0.39, 0.29) is 35.2 Å². The average Bonchev–Trinajstić information content (AvgIpc) is 3.05. The standard InChI is InChI=1S/C37H43N3O6S/c1-27-17-20-31(21-18-27)47(43,44)40(32-24-30(45-5)19-22-34(32)46-6)26-35(41)39(25-29-15-11-8-12-16-29)33(36(42)38-37(2,3)4)23-28-13-9-7-10-14-28/h7-22,24,33H,23,25-26H2,1-6H3,(H,38,42). The van der Waals surface area contributed by atoms with Gasteiger partial charge in [-0.3, -0.25) is 13.9 Å². The number of ether oxygens (including phenoxy) is 2. The van der Waals surface area contributed by atoms with Gasteiger partial charge in [-0.2, -0.15) is 0 Å². The quantitative estimate of drug-likeness (QED) is 0.196. The van der Waals surface area contributed by atoms with Crippen LogP contribution in [0, 0.1) is 6.92 Å². The van der Waals surface area contributed by atoms with Gasteiger partial charge >= 0.3 is 0 Å². The number of sulfonamides is 1. The van der Waals surface area contributed by atoms with Crippen molar-refractivity contribution in [2.75, 3.05) is 25.1 Å². The molecule has 47 heavy (non-hydrogen) atoms. The monoisotopic (exact) mass is 657 g/mol. The molecule has 4 aromatic carbocycles. The predicted octanol–water partition coefficient (Wildman–Crippen LogP) is 5.76. The van der Waals surface area contributed by atoms with Gasteiger partial charge in [0.15, 0.2) is 0 Å². The molecule has 0 saturated heterocycles. The Morgan fingerprint density at radius 1 is 0.809 bits per heavy atom. The van der Waals surface area contributed by atoms with Crippen LogP contribution in [0.5, 0.6) is 11.5 Å². The lowest BCUT2D eigenvalue weighted by atomic mass is 10.0. The normalized spacial score (nSPS) is 12.1. The minimum Gasteiger partial charge on any atom is -0.497 e. The van der Waals surface area contributed by atoms with Crippen molar-refractivity contribution in [2.24, 2.45) is 0 Å². The van der Waals surface area contributed by atoms with Gasteiger partial charge in [-0.05, 0) is 63.1 Å². The summed E-state index contributed by atoms with van der Waals surface area (Å²) in [6, 6.07) is 29.0. The van der Waals surface area contributed by atoms with E-state index in [1.165, 1.54) is 37.3 Å². The summed E-state index contributed by atoms with van der Waals surface area (Å²) in [6.45, 7) is 6.94. The van der Waals surface area contributed by atoms with Crippen LogP contribution in [0.25, 0.3) is 0 Å². The minimum atomic E-state index is -4.31. The fourth-order valence-electron chi connectivity index (χ4n) is 5.13. The molecule has 0 heterocycles. The highest BCUT2D eigenvalue weighted by atomic mass is 32.2. The highest BCUT2D eigenvalue weighted by Crippen LogP contribution is 2.36. The highest BCUT2D eigenvalue weighted by molar-refractivity contribution is 7.92. The summed E-state index contributed by atoms with van der Waals surface area (Å²) in [6.07, 6.45) is 0.217. The van der Waals surface area contributed by atoms with Crippen LogP contribution in [0.1, 0.15) is 37.5 Å². The summed E-state index contributed by atoms with van der Waals surface area (Å²) in [4.78, 5) is 30.2. The molecule has 0 saturated carbocycles. The maximum Gasteiger partial charge on any atom is 0.264 e. The Morgan fingerprint density at radius 2 is 1.40 bits per heavy atom. The number of hydrogen-bond acceptors (Lipinski definition) is 6. The smallest absolute Gasteiger partial charge is 0.264 e. The van der Waals surface area contributed by atoms with Crippen molar-refractivity contribution in [1.29, 1.82) is 0 Å². The SMILES string of the molecule is COc1ccc(OC)c(N(CC(=O)N(Cc2ccccc2)C(Cc2ccccc2)C(=O)NC(C)(C)C)S(=O)(=O)c2ccc(C)cc2)c1. The first-order valence-electron chi connectivity index (χ1n) is 15.3. The van der Waals surface area contributed by atoms with Crippen molar-refractivity contribution < 1.29 is 27.5 Å². The molecule has 0 aliphatic rings. The molecule has 0 radical (unpaired) electrons. The summed E-state index contributed by atoms with van der Waals surface area (Å²) in [7, 11) is -1.41. The molecular weight excluding hydrogens is 614 g/mol. The number of amides is 2. The van der Waals surface area contributed by atoms with Crippen molar-refractivity contribution in [3.8, 4) is 11.5 Å². The molecule has 0 aliphatic heterocycles. The van der Waals surface area contributed by atoms with E-state index in [2.05, 4.69) is 5.32 Å². The summed E-state index contributed by atoms with van der Waals surface area (Å²) in [5, 5.41) is 3.04. The molecule has 1 unspecified atom stereocenters. The van der Waals surface area contributed by atoms with Crippen LogP contribution in [0.2, 0.25) is 0 Å². The van der Waals surface area contributed by atoms with E-state index in [4.69, 9.17) is 9.47 Å². The molecule has 0 bridgehead atoms. The molecule has 10 heteroatoms. The second kappa shape index (κ2) is 15.2. The van der Waals surface area contributed by atoms with Crippen molar-refractivity contribution >= 4 is 27.5 Å². The van der Waals surface area contributed by atoms with Gasteiger partial charge in [-0.25, -0.2) is 8.42 Å². The molecule has 4 aromatic rings. The van der Waals surface area contributed by atoms with Gasteiger partial charge in [0.25, 0.3) is 10.0 Å². The van der Waals surface area contributed by atoms with Crippen LogP contribution < -0.4 is 19.1 Å². The molecule has 9 nitrogen and oxygen atoms in total. The van der Waals surface area contributed by atoms with E-state index in [1.54, 1.807) is 24.3 Å². The van der Waals surface area contributed by atoms with Gasteiger partial charge in [0.05, 0.1) is 24.8 Å². The van der Waals surface area contributed by atoms with Gasteiger partial charge in [0.2, 0.25) is 11.8 Å². The number of anilines is 1. The molecule has 1 atom stereocenters. The molecule has 0 aromatic heterocycles. The summed E-state index contributed by atoms with van der Waals surface area (Å²) in [5.74, 6) is -0.308. The fourth-order valence-corrected chi connectivity index (χ4v) is 6.55. The Bertz CT molecular complexity index is 1760. The van der Waals surface area contributed by atoms with Gasteiger partial charge in [0.1, 0.15) is 24.1 Å². The van der Waals surface area contributed by atoms with Gasteiger partial charge in [0, 0.05) is 24.6 Å². The molecule has 0 spiro atoms. The van der Waals surface area contributed by atoms with E-state index in [9.17, 15) is 18.0 Å². The maximum atomic E-state index is 14.7. The number of carbonyl (C=O) groups excluding carboxylic acids is 2. The lowest BCUT2D eigenvalue weighted by Crippen LogP contribution is -2.56. The third-order valence-corrected chi connectivity index (χ3v) is 9.28. The fraction of sp³-hybridized carbons (Fsp3) is 0.297. The Labute approximate surface area is 278 Å².